The van der Waals surface area contributed by atoms with Gasteiger partial charge in [0, 0.05) is 11.6 Å². The molecule has 0 spiro atoms. The van der Waals surface area contributed by atoms with Crippen molar-refractivity contribution < 1.29 is 13.9 Å². The number of benzene rings is 2. The number of halogens is 1. The van der Waals surface area contributed by atoms with Crippen molar-refractivity contribution in [3.8, 4) is 5.75 Å². The van der Waals surface area contributed by atoms with Gasteiger partial charge in [0.1, 0.15) is 11.6 Å². The van der Waals surface area contributed by atoms with E-state index >= 15 is 0 Å². The predicted octanol–water partition coefficient (Wildman–Crippen LogP) is 4.08. The Balaban J connectivity index is 1.69. The third kappa shape index (κ3) is 3.71. The lowest BCUT2D eigenvalue weighted by atomic mass is 10.1. The standard InChI is InChI=1S/C17H15FN2O2S/c1-2-22-13-7-8-14-15(9-13)20-17(19-14)23-10-16(21)11-3-5-12(18)6-4-11/h3-9H,2,10H2,1H3,(H,19,20). The van der Waals surface area contributed by atoms with E-state index in [9.17, 15) is 9.18 Å². The van der Waals surface area contributed by atoms with Crippen LogP contribution in [0.2, 0.25) is 0 Å². The molecule has 118 valence electrons. The third-order valence-electron chi connectivity index (χ3n) is 3.25. The summed E-state index contributed by atoms with van der Waals surface area (Å²) in [4.78, 5) is 19.7. The van der Waals surface area contributed by atoms with E-state index in [4.69, 9.17) is 4.74 Å². The number of carbonyl (C=O) groups excluding carboxylic acids is 1. The summed E-state index contributed by atoms with van der Waals surface area (Å²) in [6.45, 7) is 2.53. The number of carbonyl (C=O) groups is 1. The van der Waals surface area contributed by atoms with Crippen LogP contribution < -0.4 is 4.74 Å². The van der Waals surface area contributed by atoms with Gasteiger partial charge in [-0.3, -0.25) is 4.79 Å². The number of thioether (sulfide) groups is 1. The van der Waals surface area contributed by atoms with E-state index in [0.717, 1.165) is 16.8 Å². The number of hydrogen-bond donors (Lipinski definition) is 1. The maximum absolute atomic E-state index is 12.9. The van der Waals surface area contributed by atoms with E-state index in [1.807, 2.05) is 25.1 Å². The summed E-state index contributed by atoms with van der Waals surface area (Å²) >= 11 is 1.32. The molecule has 0 fully saturated rings. The molecule has 23 heavy (non-hydrogen) atoms. The molecule has 1 aromatic heterocycles. The fourth-order valence-electron chi connectivity index (χ4n) is 2.14. The minimum Gasteiger partial charge on any atom is -0.494 e. The first-order valence-electron chi connectivity index (χ1n) is 7.20. The van der Waals surface area contributed by atoms with Gasteiger partial charge in [-0.15, -0.1) is 0 Å². The Labute approximate surface area is 137 Å². The highest BCUT2D eigenvalue weighted by atomic mass is 32.2. The van der Waals surface area contributed by atoms with Gasteiger partial charge >= 0.3 is 0 Å². The lowest BCUT2D eigenvalue weighted by molar-refractivity contribution is 0.102. The van der Waals surface area contributed by atoms with Crippen LogP contribution in [0, 0.1) is 5.82 Å². The largest absolute Gasteiger partial charge is 0.494 e. The van der Waals surface area contributed by atoms with E-state index < -0.39 is 0 Å². The zero-order valence-corrected chi connectivity index (χ0v) is 13.3. The molecule has 1 N–H and O–H groups in total. The summed E-state index contributed by atoms with van der Waals surface area (Å²) in [5, 5.41) is 0.670. The molecule has 4 nitrogen and oxygen atoms in total. The van der Waals surface area contributed by atoms with Crippen molar-refractivity contribution >= 4 is 28.6 Å². The minimum atomic E-state index is -0.350. The third-order valence-corrected chi connectivity index (χ3v) is 4.12. The summed E-state index contributed by atoms with van der Waals surface area (Å²) in [6, 6.07) is 11.2. The topological polar surface area (TPSA) is 55.0 Å². The molecule has 0 bridgehead atoms. The fraction of sp³-hybridized carbons (Fsp3) is 0.176. The number of ether oxygens (including phenoxy) is 1. The smallest absolute Gasteiger partial charge is 0.173 e. The van der Waals surface area contributed by atoms with Crippen LogP contribution in [0.15, 0.2) is 47.6 Å². The molecule has 1 heterocycles. The van der Waals surface area contributed by atoms with Crippen LogP contribution in [0.3, 0.4) is 0 Å². The van der Waals surface area contributed by atoms with Crippen LogP contribution in [0.4, 0.5) is 4.39 Å². The van der Waals surface area contributed by atoms with Gasteiger partial charge in [0.2, 0.25) is 0 Å². The second-order valence-electron chi connectivity index (χ2n) is 4.87. The van der Waals surface area contributed by atoms with E-state index in [1.165, 1.54) is 36.0 Å². The van der Waals surface area contributed by atoms with Gasteiger partial charge in [-0.2, -0.15) is 0 Å². The van der Waals surface area contributed by atoms with Crippen molar-refractivity contribution in [1.29, 1.82) is 0 Å². The molecule has 0 unspecified atom stereocenters. The monoisotopic (exact) mass is 330 g/mol. The van der Waals surface area contributed by atoms with Crippen molar-refractivity contribution in [2.75, 3.05) is 12.4 Å². The number of ketones is 1. The van der Waals surface area contributed by atoms with Gasteiger partial charge in [0.05, 0.1) is 23.4 Å². The van der Waals surface area contributed by atoms with Crippen LogP contribution >= 0.6 is 11.8 Å². The van der Waals surface area contributed by atoms with E-state index in [-0.39, 0.29) is 17.4 Å². The average molecular weight is 330 g/mol. The Morgan fingerprint density at radius 3 is 2.78 bits per heavy atom. The molecule has 6 heteroatoms. The Morgan fingerprint density at radius 2 is 2.04 bits per heavy atom. The van der Waals surface area contributed by atoms with Crippen molar-refractivity contribution in [3.63, 3.8) is 0 Å². The first kappa shape index (κ1) is 15.6. The number of rotatable bonds is 6. The number of hydrogen-bond acceptors (Lipinski definition) is 4. The number of aromatic amines is 1. The van der Waals surface area contributed by atoms with Gasteiger partial charge in [-0.05, 0) is 43.3 Å². The maximum atomic E-state index is 12.9. The molecule has 0 aliphatic carbocycles. The number of aromatic nitrogens is 2. The summed E-state index contributed by atoms with van der Waals surface area (Å²) in [5.41, 5.74) is 2.19. The quantitative estimate of drug-likeness (QED) is 0.547. The number of H-pyrrole nitrogens is 1. The fourth-order valence-corrected chi connectivity index (χ4v) is 2.92. The number of fused-ring (bicyclic) bond motifs is 1. The van der Waals surface area contributed by atoms with Crippen molar-refractivity contribution in [2.24, 2.45) is 0 Å². The Bertz CT molecular complexity index is 830. The summed E-state index contributed by atoms with van der Waals surface area (Å²) < 4.78 is 18.3. The molecular weight excluding hydrogens is 315 g/mol. The maximum Gasteiger partial charge on any atom is 0.173 e. The first-order chi connectivity index (χ1) is 11.2. The molecule has 0 saturated heterocycles. The number of Topliss-reactive ketones (excluding diaryl/α,β-unsaturated/α-hetero) is 1. The lowest BCUT2D eigenvalue weighted by Gasteiger charge is -2.00. The molecule has 0 aliphatic heterocycles. The zero-order chi connectivity index (χ0) is 16.2. The molecule has 2 aromatic carbocycles. The van der Waals surface area contributed by atoms with E-state index in [1.54, 1.807) is 0 Å². The van der Waals surface area contributed by atoms with Crippen molar-refractivity contribution in [1.82, 2.24) is 9.97 Å². The molecule has 3 rings (SSSR count). The highest BCUT2D eigenvalue weighted by Gasteiger charge is 2.10. The van der Waals surface area contributed by atoms with Crippen LogP contribution in [0.5, 0.6) is 5.75 Å². The van der Waals surface area contributed by atoms with Crippen molar-refractivity contribution in [2.45, 2.75) is 12.1 Å². The van der Waals surface area contributed by atoms with Gasteiger partial charge in [-0.25, -0.2) is 9.37 Å². The second-order valence-corrected chi connectivity index (χ2v) is 5.84. The number of nitrogens with zero attached hydrogens (tertiary/aromatic N) is 1. The van der Waals surface area contributed by atoms with Crippen molar-refractivity contribution in [3.05, 3.63) is 53.8 Å². The molecule has 0 saturated carbocycles. The summed E-state index contributed by atoms with van der Waals surface area (Å²) in [7, 11) is 0. The average Bonchev–Trinajstić information content (AvgIpc) is 2.96. The number of nitrogens with one attached hydrogen (secondary N) is 1. The van der Waals surface area contributed by atoms with Gasteiger partial charge in [-0.1, -0.05) is 11.8 Å². The lowest BCUT2D eigenvalue weighted by Crippen LogP contribution is -2.02. The normalized spacial score (nSPS) is 10.9. The number of imidazole rings is 1. The Hall–Kier alpha value is -2.34. The Kier molecular flexibility index (Phi) is 4.62. The first-order valence-corrected chi connectivity index (χ1v) is 8.18. The second kappa shape index (κ2) is 6.83. The van der Waals surface area contributed by atoms with Gasteiger partial charge < -0.3 is 9.72 Å². The summed E-state index contributed by atoms with van der Waals surface area (Å²) in [6.07, 6.45) is 0. The molecule has 0 aliphatic rings. The molecule has 3 aromatic rings. The molecule has 0 atom stereocenters. The summed E-state index contributed by atoms with van der Waals surface area (Å²) in [5.74, 6) is 0.605. The van der Waals surface area contributed by atoms with Crippen LogP contribution in [0.25, 0.3) is 11.0 Å². The SMILES string of the molecule is CCOc1ccc2nc(SCC(=O)c3ccc(F)cc3)[nH]c2c1. The van der Waals surface area contributed by atoms with Crippen LogP contribution in [0.1, 0.15) is 17.3 Å². The van der Waals surface area contributed by atoms with E-state index in [2.05, 4.69) is 9.97 Å². The highest BCUT2D eigenvalue weighted by Crippen LogP contribution is 2.24. The van der Waals surface area contributed by atoms with E-state index in [0.29, 0.717) is 17.3 Å². The van der Waals surface area contributed by atoms with Crippen LogP contribution in [-0.2, 0) is 0 Å². The van der Waals surface area contributed by atoms with Gasteiger partial charge in [0.15, 0.2) is 10.9 Å². The Morgan fingerprint density at radius 1 is 1.26 bits per heavy atom. The highest BCUT2D eigenvalue weighted by molar-refractivity contribution is 7.99. The minimum absolute atomic E-state index is 0.0644. The molecular formula is C17H15FN2O2S. The molecule has 0 radical (unpaired) electrons. The van der Waals surface area contributed by atoms with Gasteiger partial charge in [0.25, 0.3) is 0 Å². The van der Waals surface area contributed by atoms with Crippen LogP contribution in [-0.4, -0.2) is 28.1 Å². The predicted molar refractivity (Wildman–Crippen MR) is 88.7 cm³/mol. The zero-order valence-electron chi connectivity index (χ0n) is 12.5. The molecule has 0 amide bonds.